The number of nitrogens with zero attached hydrogens (tertiary/aromatic N) is 3. The van der Waals surface area contributed by atoms with E-state index in [2.05, 4.69) is 266 Å². The Morgan fingerprint density at radius 2 is 0.746 bits per heavy atom. The third kappa shape index (κ3) is 7.00. The zero-order valence-corrected chi connectivity index (χ0v) is 42.2. The molecule has 0 aromatic heterocycles. The van der Waals surface area contributed by atoms with Crippen LogP contribution < -0.4 is 41.5 Å². The Bertz CT molecular complexity index is 3150. The highest BCUT2D eigenvalue weighted by atomic mass is 28.3. The van der Waals surface area contributed by atoms with Gasteiger partial charge in [-0.05, 0) is 133 Å². The molecule has 332 valence electrons. The fraction of sp³-hybridized carbons (Fsp3) is 0.226. The minimum Gasteiger partial charge on any atom is -0.311 e. The van der Waals surface area contributed by atoms with Crippen LogP contribution in [-0.4, -0.2) is 14.8 Å². The third-order valence-electron chi connectivity index (χ3n) is 14.9. The molecule has 3 nitrogen and oxygen atoms in total. The van der Waals surface area contributed by atoms with Gasteiger partial charge in [-0.2, -0.15) is 0 Å². The molecule has 0 unspecified atom stereocenters. The molecule has 0 fully saturated rings. The van der Waals surface area contributed by atoms with Gasteiger partial charge in [-0.15, -0.1) is 0 Å². The lowest BCUT2D eigenvalue weighted by molar-refractivity contribution is 0.590. The number of hydrogen-bond acceptors (Lipinski definition) is 3. The number of anilines is 9. The van der Waals surface area contributed by atoms with Crippen molar-refractivity contribution in [1.82, 2.24) is 0 Å². The van der Waals surface area contributed by atoms with Gasteiger partial charge in [0, 0.05) is 45.5 Å². The van der Waals surface area contributed by atoms with Crippen LogP contribution in [0.2, 0.25) is 13.1 Å². The summed E-state index contributed by atoms with van der Waals surface area (Å²) in [6.45, 7) is 26.6. The summed E-state index contributed by atoms with van der Waals surface area (Å²) < 4.78 is 0. The highest BCUT2D eigenvalue weighted by Gasteiger charge is 2.53. The van der Waals surface area contributed by atoms with Gasteiger partial charge in [0.2, 0.25) is 0 Å². The van der Waals surface area contributed by atoms with Gasteiger partial charge in [0.15, 0.2) is 0 Å². The molecule has 67 heavy (non-hydrogen) atoms. The summed E-state index contributed by atoms with van der Waals surface area (Å²) in [5, 5.41) is 3.13. The van der Waals surface area contributed by atoms with Crippen molar-refractivity contribution in [2.75, 3.05) is 14.7 Å². The van der Waals surface area contributed by atoms with Crippen molar-refractivity contribution < 1.29 is 0 Å². The van der Waals surface area contributed by atoms with E-state index in [9.17, 15) is 0 Å². The lowest BCUT2D eigenvalue weighted by atomic mass is 9.33. The van der Waals surface area contributed by atoms with Gasteiger partial charge in [-0.25, -0.2) is 0 Å². The standard InChI is InChI=1S/C62H62BN3Si/c1-60(2,3)43-29-33-49(34-30-43)66-52-36-45(62(7,8)9)38-56-59(52)63-57-53(39-50(40-54(57)66)64(46-23-17-13-18-24-46)47-25-19-14-20-26-47)65(48-31-27-42(28-32-48)41-21-15-12-16-22-41)51-35-44(61(4,5)6)37-55(58(51)63)67(56,10)11/h12-40H,1-11H3. The Morgan fingerprint density at radius 3 is 1.16 bits per heavy atom. The molecular weight excluding hydrogens is 826 g/mol. The first-order chi connectivity index (χ1) is 31.9. The SMILES string of the molecule is CC(C)(C)c1ccc(N2c3cc(N(c4ccccc4)c4ccccc4)cc4c3B3c5c(cc(C(C)(C)C)cc5[Si](C)(C)c5cc(C(C)(C)C)cc2c53)N4c2ccc(-c3ccccc3)cc2)cc1. The van der Waals surface area contributed by atoms with E-state index >= 15 is 0 Å². The molecule has 8 aromatic rings. The van der Waals surface area contributed by atoms with Gasteiger partial charge in [-0.1, -0.05) is 189 Å². The average Bonchev–Trinajstić information content (AvgIpc) is 3.30. The molecule has 5 heteroatoms. The van der Waals surface area contributed by atoms with Crippen molar-refractivity contribution in [2.24, 2.45) is 0 Å². The predicted octanol–water partition coefficient (Wildman–Crippen LogP) is 13.9. The van der Waals surface area contributed by atoms with E-state index in [0.29, 0.717) is 0 Å². The monoisotopic (exact) mass is 887 g/mol. The highest BCUT2D eigenvalue weighted by Crippen LogP contribution is 2.50. The van der Waals surface area contributed by atoms with E-state index in [4.69, 9.17) is 0 Å². The molecule has 0 saturated heterocycles. The van der Waals surface area contributed by atoms with Crippen molar-refractivity contribution in [3.63, 3.8) is 0 Å². The quantitative estimate of drug-likeness (QED) is 0.154. The molecule has 0 radical (unpaired) electrons. The zero-order valence-electron chi connectivity index (χ0n) is 41.2. The smallest absolute Gasteiger partial charge is 0.251 e. The number of rotatable bonds is 6. The van der Waals surface area contributed by atoms with Crippen LogP contribution in [0.15, 0.2) is 176 Å². The molecule has 0 spiro atoms. The molecule has 0 N–H and O–H groups in total. The Kier molecular flexibility index (Phi) is 9.79. The molecule has 8 aromatic carbocycles. The van der Waals surface area contributed by atoms with Gasteiger partial charge in [0.25, 0.3) is 6.71 Å². The van der Waals surface area contributed by atoms with Crippen molar-refractivity contribution in [2.45, 2.75) is 91.7 Å². The van der Waals surface area contributed by atoms with Crippen LogP contribution in [0.4, 0.5) is 51.2 Å². The van der Waals surface area contributed by atoms with Crippen LogP contribution >= 0.6 is 0 Å². The van der Waals surface area contributed by atoms with Gasteiger partial charge in [-0.3, -0.25) is 0 Å². The van der Waals surface area contributed by atoms with Crippen LogP contribution in [0.25, 0.3) is 11.1 Å². The fourth-order valence-corrected chi connectivity index (χ4v) is 14.3. The van der Waals surface area contributed by atoms with Crippen molar-refractivity contribution in [1.29, 1.82) is 0 Å². The second-order valence-corrected chi connectivity index (χ2v) is 27.1. The van der Waals surface area contributed by atoms with E-state index in [1.165, 1.54) is 72.6 Å². The molecule has 3 aliphatic rings. The Morgan fingerprint density at radius 1 is 0.373 bits per heavy atom. The normalized spacial score (nSPS) is 14.5. The molecule has 11 rings (SSSR count). The Hall–Kier alpha value is -6.56. The van der Waals surface area contributed by atoms with Crippen molar-refractivity contribution in [3.05, 3.63) is 193 Å². The van der Waals surface area contributed by atoms with Gasteiger partial charge < -0.3 is 14.7 Å². The van der Waals surface area contributed by atoms with E-state index in [0.717, 1.165) is 22.7 Å². The summed E-state index contributed by atoms with van der Waals surface area (Å²) in [6.07, 6.45) is 0. The van der Waals surface area contributed by atoms with Gasteiger partial charge >= 0.3 is 0 Å². The fourth-order valence-electron chi connectivity index (χ4n) is 11.1. The van der Waals surface area contributed by atoms with Crippen molar-refractivity contribution >= 4 is 92.7 Å². The van der Waals surface area contributed by atoms with Crippen molar-refractivity contribution in [3.8, 4) is 11.1 Å². The third-order valence-corrected chi connectivity index (χ3v) is 18.4. The molecule has 3 heterocycles. The zero-order chi connectivity index (χ0) is 46.8. The summed E-state index contributed by atoms with van der Waals surface area (Å²) in [7, 11) is -2.36. The lowest BCUT2D eigenvalue weighted by Crippen LogP contribution is -2.79. The first-order valence-electron chi connectivity index (χ1n) is 24.2. The second-order valence-electron chi connectivity index (χ2n) is 22.8. The minimum absolute atomic E-state index is 0.0278. The number of hydrogen-bond donors (Lipinski definition) is 0. The largest absolute Gasteiger partial charge is 0.311 e. The van der Waals surface area contributed by atoms with Crippen LogP contribution in [0.5, 0.6) is 0 Å². The van der Waals surface area contributed by atoms with Crippen LogP contribution in [0.1, 0.15) is 79.0 Å². The Labute approximate surface area is 400 Å². The van der Waals surface area contributed by atoms with E-state index in [1.54, 1.807) is 10.4 Å². The number of para-hydroxylation sites is 2. The summed E-state index contributed by atoms with van der Waals surface area (Å²) in [4.78, 5) is 7.74. The molecule has 0 bridgehead atoms. The van der Waals surface area contributed by atoms with E-state index in [1.807, 2.05) is 0 Å². The maximum Gasteiger partial charge on any atom is 0.251 e. The van der Waals surface area contributed by atoms with Gasteiger partial charge in [0.1, 0.15) is 8.07 Å². The maximum absolute atomic E-state index is 2.65. The average molecular weight is 888 g/mol. The Balaban J connectivity index is 1.30. The molecular formula is C62H62BN3Si. The van der Waals surface area contributed by atoms with Gasteiger partial charge in [0.05, 0.1) is 5.69 Å². The topological polar surface area (TPSA) is 9.72 Å². The van der Waals surface area contributed by atoms with Crippen LogP contribution in [0.3, 0.4) is 0 Å². The second kappa shape index (κ2) is 15.2. The highest BCUT2D eigenvalue weighted by molar-refractivity contribution is 7.16. The molecule has 3 aliphatic heterocycles. The lowest BCUT2D eigenvalue weighted by Gasteiger charge is -2.51. The first-order valence-corrected chi connectivity index (χ1v) is 27.2. The molecule has 0 amide bonds. The molecule has 0 aliphatic carbocycles. The summed E-state index contributed by atoms with van der Waals surface area (Å²) >= 11 is 0. The van der Waals surface area contributed by atoms with E-state index < -0.39 is 8.07 Å². The van der Waals surface area contributed by atoms with E-state index in [-0.39, 0.29) is 23.0 Å². The summed E-state index contributed by atoms with van der Waals surface area (Å²) in [5.74, 6) is 0. The summed E-state index contributed by atoms with van der Waals surface area (Å²) in [5.41, 5.74) is 21.6. The molecule has 0 saturated carbocycles. The maximum atomic E-state index is 2.65. The first kappa shape index (κ1) is 43.0. The number of benzene rings is 8. The van der Waals surface area contributed by atoms with Crippen LogP contribution in [-0.2, 0) is 16.2 Å². The molecule has 0 atom stereocenters. The predicted molar refractivity (Wildman–Crippen MR) is 293 cm³/mol. The van der Waals surface area contributed by atoms with Crippen LogP contribution in [0, 0.1) is 0 Å². The summed E-state index contributed by atoms with van der Waals surface area (Å²) in [6, 6.07) is 66.8. The minimum atomic E-state index is -2.36.